The molecule has 232 valence electrons. The van der Waals surface area contributed by atoms with Crippen LogP contribution in [0.4, 0.5) is 16.2 Å². The number of aliphatic hydroxyl groups excluding tert-OH is 1. The van der Waals surface area contributed by atoms with Crippen LogP contribution in [0.3, 0.4) is 0 Å². The Balaban J connectivity index is 1.23. The van der Waals surface area contributed by atoms with E-state index in [4.69, 9.17) is 9.47 Å². The van der Waals surface area contributed by atoms with Crippen LogP contribution < -0.4 is 0 Å². The Morgan fingerprint density at radius 1 is 1.02 bits per heavy atom. The number of benzene rings is 2. The number of thioether (sulfide) groups is 2. The number of nitro benzene ring substituents is 2. The van der Waals surface area contributed by atoms with E-state index in [2.05, 4.69) is 0 Å². The Hall–Kier alpha value is -4.15. The summed E-state index contributed by atoms with van der Waals surface area (Å²) < 4.78 is 11.5. The number of likely N-dealkylation sites (tertiary alicyclic amines) is 1. The third-order valence-electron chi connectivity index (χ3n) is 7.48. The van der Waals surface area contributed by atoms with Gasteiger partial charge in [0.2, 0.25) is 5.91 Å². The molecule has 0 spiro atoms. The van der Waals surface area contributed by atoms with Gasteiger partial charge in [-0.15, -0.1) is 11.8 Å². The fraction of sp³-hybridized carbons (Fsp3) is 0.393. The van der Waals surface area contributed by atoms with Gasteiger partial charge in [-0.3, -0.25) is 29.9 Å². The van der Waals surface area contributed by atoms with Crippen molar-refractivity contribution < 1.29 is 38.8 Å². The normalized spacial score (nSPS) is 21.5. The van der Waals surface area contributed by atoms with Crippen molar-refractivity contribution in [3.63, 3.8) is 0 Å². The monoisotopic (exact) mass is 644 g/mol. The van der Waals surface area contributed by atoms with Crippen LogP contribution in [0.1, 0.15) is 30.9 Å². The van der Waals surface area contributed by atoms with Gasteiger partial charge in [0, 0.05) is 42.6 Å². The minimum Gasteiger partial charge on any atom is -0.456 e. The van der Waals surface area contributed by atoms with Crippen molar-refractivity contribution in [2.24, 2.45) is 5.92 Å². The van der Waals surface area contributed by atoms with Crippen molar-refractivity contribution in [2.45, 2.75) is 49.7 Å². The molecule has 0 radical (unpaired) electrons. The molecule has 16 heteroatoms. The van der Waals surface area contributed by atoms with Gasteiger partial charge in [-0.05, 0) is 48.2 Å². The first-order valence-electron chi connectivity index (χ1n) is 13.7. The molecule has 3 heterocycles. The van der Waals surface area contributed by atoms with Crippen molar-refractivity contribution in [2.75, 3.05) is 13.1 Å². The lowest BCUT2D eigenvalue weighted by atomic mass is 9.90. The first-order chi connectivity index (χ1) is 21.1. The third-order valence-corrected chi connectivity index (χ3v) is 10.3. The van der Waals surface area contributed by atoms with Crippen LogP contribution in [-0.2, 0) is 32.3 Å². The number of hydrogen-bond acceptors (Lipinski definition) is 12. The number of nitro groups is 2. The fourth-order valence-electron chi connectivity index (χ4n) is 5.01. The van der Waals surface area contributed by atoms with Gasteiger partial charge in [0.25, 0.3) is 11.4 Å². The number of aliphatic hydroxyl groups is 1. The maximum absolute atomic E-state index is 13.3. The zero-order valence-electron chi connectivity index (χ0n) is 23.4. The Morgan fingerprint density at radius 3 is 2.14 bits per heavy atom. The Bertz CT molecular complexity index is 1500. The number of hydrogen-bond donors (Lipinski definition) is 1. The minimum absolute atomic E-state index is 0.0449. The fourth-order valence-corrected chi connectivity index (χ4v) is 8.28. The van der Waals surface area contributed by atoms with E-state index >= 15 is 0 Å². The molecule has 3 aliphatic rings. The van der Waals surface area contributed by atoms with Gasteiger partial charge in [0.15, 0.2) is 5.70 Å². The van der Waals surface area contributed by atoms with Crippen molar-refractivity contribution in [1.82, 2.24) is 9.80 Å². The van der Waals surface area contributed by atoms with E-state index in [1.165, 1.54) is 77.0 Å². The first-order valence-corrected chi connectivity index (χ1v) is 15.5. The van der Waals surface area contributed by atoms with Gasteiger partial charge >= 0.3 is 12.1 Å². The highest BCUT2D eigenvalue weighted by Crippen LogP contribution is 2.55. The molecule has 44 heavy (non-hydrogen) atoms. The molecule has 0 saturated carbocycles. The molecule has 0 bridgehead atoms. The summed E-state index contributed by atoms with van der Waals surface area (Å²) in [5.41, 5.74) is 1.08. The number of carbonyl (C=O) groups excluding carboxylic acids is 3. The van der Waals surface area contributed by atoms with E-state index in [0.29, 0.717) is 41.3 Å². The van der Waals surface area contributed by atoms with Crippen LogP contribution in [0.25, 0.3) is 0 Å². The Labute approximate surface area is 259 Å². The van der Waals surface area contributed by atoms with Crippen LogP contribution in [0, 0.1) is 26.1 Å². The van der Waals surface area contributed by atoms with Gasteiger partial charge < -0.3 is 19.5 Å². The summed E-state index contributed by atoms with van der Waals surface area (Å²) in [5.74, 6) is -1.75. The number of nitrogens with zero attached hydrogens (tertiary/aromatic N) is 4. The molecule has 2 fully saturated rings. The molecule has 0 unspecified atom stereocenters. The maximum atomic E-state index is 13.3. The zero-order valence-corrected chi connectivity index (χ0v) is 25.0. The molecule has 3 aliphatic heterocycles. The van der Waals surface area contributed by atoms with Crippen LogP contribution in [0.15, 0.2) is 58.5 Å². The second kappa shape index (κ2) is 13.2. The molecule has 2 aromatic rings. The molecule has 2 aromatic carbocycles. The summed E-state index contributed by atoms with van der Waals surface area (Å²) in [4.78, 5) is 62.7. The summed E-state index contributed by atoms with van der Waals surface area (Å²) in [7, 11) is 0. The number of fused-ring (bicyclic) bond motifs is 1. The number of non-ortho nitro benzene ring substituents is 2. The van der Waals surface area contributed by atoms with E-state index in [0.717, 1.165) is 0 Å². The van der Waals surface area contributed by atoms with E-state index in [1.54, 1.807) is 11.8 Å². The average molecular weight is 645 g/mol. The van der Waals surface area contributed by atoms with Crippen molar-refractivity contribution in [3.05, 3.63) is 89.8 Å². The lowest BCUT2D eigenvalue weighted by molar-refractivity contribution is -0.385. The van der Waals surface area contributed by atoms with Crippen LogP contribution >= 0.6 is 23.5 Å². The van der Waals surface area contributed by atoms with E-state index in [9.17, 15) is 39.7 Å². The molecular formula is C28H28N4O10S2. The van der Waals surface area contributed by atoms with Crippen molar-refractivity contribution in [1.29, 1.82) is 0 Å². The van der Waals surface area contributed by atoms with Crippen LogP contribution in [0.2, 0.25) is 0 Å². The molecule has 0 aromatic heterocycles. The molecular weight excluding hydrogens is 616 g/mol. The highest BCUT2D eigenvalue weighted by Gasteiger charge is 2.58. The van der Waals surface area contributed by atoms with Gasteiger partial charge in [0.1, 0.15) is 18.6 Å². The number of amides is 2. The highest BCUT2D eigenvalue weighted by molar-refractivity contribution is 8.23. The number of ether oxygens (including phenoxy) is 2. The summed E-state index contributed by atoms with van der Waals surface area (Å²) in [6.07, 6.45) is -0.409. The number of carbonyl (C=O) groups is 3. The smallest absolute Gasteiger partial charge is 0.410 e. The Morgan fingerprint density at radius 2 is 1.59 bits per heavy atom. The number of β-lactam (4-membered cyclic amide) rings is 1. The third kappa shape index (κ3) is 6.51. The summed E-state index contributed by atoms with van der Waals surface area (Å²) in [5, 5.41) is 31.6. The van der Waals surface area contributed by atoms with Crippen LogP contribution in [-0.4, -0.2) is 72.5 Å². The largest absolute Gasteiger partial charge is 0.456 e. The second-order valence-corrected chi connectivity index (χ2v) is 13.0. The lowest BCUT2D eigenvalue weighted by Crippen LogP contribution is -2.61. The van der Waals surface area contributed by atoms with Crippen molar-refractivity contribution >= 4 is 52.9 Å². The molecule has 0 aliphatic carbocycles. The molecule has 4 atom stereocenters. The predicted molar refractivity (Wildman–Crippen MR) is 159 cm³/mol. The summed E-state index contributed by atoms with van der Waals surface area (Å²) in [6, 6.07) is 11.3. The molecule has 2 saturated heterocycles. The maximum Gasteiger partial charge on any atom is 0.410 e. The van der Waals surface area contributed by atoms with Gasteiger partial charge in [-0.25, -0.2) is 9.59 Å². The summed E-state index contributed by atoms with van der Waals surface area (Å²) >= 11 is 2.68. The average Bonchev–Trinajstić information content (AvgIpc) is 3.62. The lowest BCUT2D eigenvalue weighted by Gasteiger charge is -2.44. The SMILES string of the molecule is CC[C@H](O)[C@@H]1C(=O)N2C(C(=O)OCc3ccc([N+](=O)[O-])cc3)=C(S[C@@H]3CCN(C(=O)OCc4ccc([N+](=O)[O-])cc4)C3)S[C@H]12. The molecule has 1 N–H and O–H groups in total. The molecule has 2 amide bonds. The van der Waals surface area contributed by atoms with Gasteiger partial charge in [0.05, 0.1) is 26.1 Å². The molecule has 5 rings (SSSR count). The first kappa shape index (κ1) is 31.3. The highest BCUT2D eigenvalue weighted by atomic mass is 32.2. The van der Waals surface area contributed by atoms with Gasteiger partial charge in [-0.2, -0.15) is 0 Å². The standard InChI is InChI=1S/C28H28N4O10S2/c1-2-21(33)22-24(34)30-23(26(35)41-14-16-3-7-18(8-4-16)31(37)38)27(44-25(22)30)43-20-11-12-29(13-20)28(36)42-15-17-5-9-19(10-6-17)32(39)40/h3-10,20-22,25,33H,2,11-15H2,1H3/t20-,21+,22-,25-/m1/s1. The Kier molecular flexibility index (Phi) is 9.41. The number of rotatable bonds is 11. The van der Waals surface area contributed by atoms with E-state index in [1.807, 2.05) is 0 Å². The summed E-state index contributed by atoms with van der Waals surface area (Å²) in [6.45, 7) is 2.32. The quantitative estimate of drug-likeness (QED) is 0.160. The second-order valence-electron chi connectivity index (χ2n) is 10.3. The zero-order chi connectivity index (χ0) is 31.5. The molecule has 14 nitrogen and oxygen atoms in total. The van der Waals surface area contributed by atoms with E-state index in [-0.39, 0.29) is 41.4 Å². The number of esters is 1. The van der Waals surface area contributed by atoms with Crippen LogP contribution in [0.5, 0.6) is 0 Å². The topological polar surface area (TPSA) is 183 Å². The van der Waals surface area contributed by atoms with Crippen molar-refractivity contribution in [3.8, 4) is 0 Å². The van der Waals surface area contributed by atoms with Gasteiger partial charge in [-0.1, -0.05) is 18.7 Å². The van der Waals surface area contributed by atoms with E-state index < -0.39 is 39.3 Å². The predicted octanol–water partition coefficient (Wildman–Crippen LogP) is 4.16. The minimum atomic E-state index is -0.856.